The molecule has 7 heteroatoms. The Labute approximate surface area is 109 Å². The van der Waals surface area contributed by atoms with Crippen molar-refractivity contribution in [1.82, 2.24) is 15.2 Å². The van der Waals surface area contributed by atoms with Crippen molar-refractivity contribution in [1.29, 1.82) is 0 Å². The molecule has 100 valence electrons. The van der Waals surface area contributed by atoms with Crippen molar-refractivity contribution in [2.45, 2.75) is 25.4 Å². The molecule has 1 fully saturated rings. The normalized spacial score (nSPS) is 24.2. The van der Waals surface area contributed by atoms with E-state index in [-0.39, 0.29) is 0 Å². The Bertz CT molecular complexity index is 545. The van der Waals surface area contributed by atoms with E-state index < -0.39 is 29.5 Å². The molecule has 2 unspecified atom stereocenters. The minimum atomic E-state index is -1.33. The molecule has 7 nitrogen and oxygen atoms in total. The van der Waals surface area contributed by atoms with Crippen molar-refractivity contribution in [2.24, 2.45) is 0 Å². The topological polar surface area (TPSA) is 99.6 Å². The summed E-state index contributed by atoms with van der Waals surface area (Å²) >= 11 is 0. The number of carbonyl (C=O) groups excluding carboxylic acids is 2. The first-order valence-electron chi connectivity index (χ1n) is 5.68. The van der Waals surface area contributed by atoms with Gasteiger partial charge in [0.05, 0.1) is 5.69 Å². The largest absolute Gasteiger partial charge is 0.480 e. The molecule has 19 heavy (non-hydrogen) atoms. The van der Waals surface area contributed by atoms with Crippen molar-refractivity contribution in [3.63, 3.8) is 0 Å². The predicted molar refractivity (Wildman–Crippen MR) is 64.1 cm³/mol. The third kappa shape index (κ3) is 1.92. The molecule has 0 bridgehead atoms. The lowest BCUT2D eigenvalue weighted by Gasteiger charge is -2.22. The molecule has 3 amide bonds. The van der Waals surface area contributed by atoms with E-state index in [1.165, 1.54) is 20.0 Å². The smallest absolute Gasteiger partial charge is 0.326 e. The van der Waals surface area contributed by atoms with Gasteiger partial charge in [0.25, 0.3) is 5.91 Å². The zero-order chi connectivity index (χ0) is 14.2. The summed E-state index contributed by atoms with van der Waals surface area (Å²) in [4.78, 5) is 39.8. The minimum absolute atomic E-state index is 0.369. The molecule has 1 saturated heterocycles. The highest BCUT2D eigenvalue weighted by Gasteiger charge is 2.52. The third-order valence-corrected chi connectivity index (χ3v) is 3.14. The number of hydrogen-bond acceptors (Lipinski definition) is 4. The fraction of sp³-hybridized carbons (Fsp3) is 0.333. The SMILES string of the molecule is CC(C(=O)O)N1C(=O)NC(C)(c2ccccn2)C1=O. The quantitative estimate of drug-likeness (QED) is 0.765. The zero-order valence-electron chi connectivity index (χ0n) is 10.5. The van der Waals surface area contributed by atoms with Crippen LogP contribution in [-0.4, -0.2) is 38.9 Å². The molecule has 0 aliphatic carbocycles. The number of urea groups is 1. The Morgan fingerprint density at radius 1 is 1.47 bits per heavy atom. The first-order chi connectivity index (χ1) is 8.88. The molecule has 0 aromatic carbocycles. The predicted octanol–water partition coefficient (Wildman–Crippen LogP) is 0.322. The summed E-state index contributed by atoms with van der Waals surface area (Å²) in [6.07, 6.45) is 1.50. The van der Waals surface area contributed by atoms with Gasteiger partial charge in [-0.15, -0.1) is 0 Å². The maximum atomic E-state index is 12.3. The molecular weight excluding hydrogens is 250 g/mol. The summed E-state index contributed by atoms with van der Waals surface area (Å²) in [7, 11) is 0. The van der Waals surface area contributed by atoms with Crippen LogP contribution >= 0.6 is 0 Å². The van der Waals surface area contributed by atoms with E-state index in [4.69, 9.17) is 5.11 Å². The number of carboxylic acids is 1. The van der Waals surface area contributed by atoms with E-state index in [0.29, 0.717) is 10.6 Å². The monoisotopic (exact) mass is 263 g/mol. The summed E-state index contributed by atoms with van der Waals surface area (Å²) in [5, 5.41) is 11.4. The van der Waals surface area contributed by atoms with Gasteiger partial charge < -0.3 is 10.4 Å². The van der Waals surface area contributed by atoms with Crippen molar-refractivity contribution in [3.8, 4) is 0 Å². The summed E-state index contributed by atoms with van der Waals surface area (Å²) in [6.45, 7) is 2.79. The number of hydrogen-bond donors (Lipinski definition) is 2. The maximum absolute atomic E-state index is 12.3. The molecule has 1 aromatic heterocycles. The average Bonchev–Trinajstić information content (AvgIpc) is 2.61. The van der Waals surface area contributed by atoms with E-state index in [9.17, 15) is 14.4 Å². The number of pyridine rings is 1. The van der Waals surface area contributed by atoms with Crippen LogP contribution in [0, 0.1) is 0 Å². The van der Waals surface area contributed by atoms with Crippen molar-refractivity contribution >= 4 is 17.9 Å². The molecule has 1 aromatic rings. The van der Waals surface area contributed by atoms with Crippen LogP contribution in [0.15, 0.2) is 24.4 Å². The van der Waals surface area contributed by atoms with Gasteiger partial charge >= 0.3 is 12.0 Å². The second kappa shape index (κ2) is 4.34. The molecular formula is C12H13N3O4. The van der Waals surface area contributed by atoms with Crippen LogP contribution in [0.3, 0.4) is 0 Å². The van der Waals surface area contributed by atoms with E-state index >= 15 is 0 Å². The molecule has 1 aliphatic heterocycles. The van der Waals surface area contributed by atoms with Crippen molar-refractivity contribution in [3.05, 3.63) is 30.1 Å². The van der Waals surface area contributed by atoms with Gasteiger partial charge in [0.2, 0.25) is 0 Å². The van der Waals surface area contributed by atoms with Gasteiger partial charge in [0.15, 0.2) is 5.54 Å². The van der Waals surface area contributed by atoms with E-state index in [0.717, 1.165) is 0 Å². The van der Waals surface area contributed by atoms with E-state index in [1.807, 2.05) is 0 Å². The highest BCUT2D eigenvalue weighted by molar-refractivity contribution is 6.09. The van der Waals surface area contributed by atoms with E-state index in [1.54, 1.807) is 18.2 Å². The lowest BCUT2D eigenvalue weighted by atomic mass is 9.97. The number of nitrogens with one attached hydrogen (secondary N) is 1. The summed E-state index contributed by atoms with van der Waals surface area (Å²) in [5.74, 6) is -1.86. The van der Waals surface area contributed by atoms with Gasteiger partial charge in [-0.3, -0.25) is 9.78 Å². The van der Waals surface area contributed by atoms with Gasteiger partial charge in [-0.2, -0.15) is 0 Å². The number of carbonyl (C=O) groups is 3. The Kier molecular flexibility index (Phi) is 2.97. The van der Waals surface area contributed by atoms with Crippen LogP contribution in [0.25, 0.3) is 0 Å². The summed E-state index contributed by atoms with van der Waals surface area (Å²) < 4.78 is 0. The van der Waals surface area contributed by atoms with Gasteiger partial charge in [0.1, 0.15) is 6.04 Å². The first-order valence-corrected chi connectivity index (χ1v) is 5.68. The molecule has 0 spiro atoms. The molecule has 0 saturated carbocycles. The highest BCUT2D eigenvalue weighted by atomic mass is 16.4. The number of carboxylic acid groups (broad SMARTS) is 1. The fourth-order valence-corrected chi connectivity index (χ4v) is 1.96. The second-order valence-electron chi connectivity index (χ2n) is 4.46. The van der Waals surface area contributed by atoms with Crippen molar-refractivity contribution < 1.29 is 19.5 Å². The number of aromatic nitrogens is 1. The number of rotatable bonds is 3. The molecule has 1 aliphatic rings. The van der Waals surface area contributed by atoms with Gasteiger partial charge in [0, 0.05) is 6.20 Å². The van der Waals surface area contributed by atoms with Crippen LogP contribution in [0.4, 0.5) is 4.79 Å². The van der Waals surface area contributed by atoms with Gasteiger partial charge in [-0.25, -0.2) is 14.5 Å². The Hall–Kier alpha value is -2.44. The Balaban J connectivity index is 2.40. The number of amides is 3. The Morgan fingerprint density at radius 3 is 2.68 bits per heavy atom. The number of imide groups is 1. The number of nitrogens with zero attached hydrogens (tertiary/aromatic N) is 2. The van der Waals surface area contributed by atoms with Crippen LogP contribution in [0.2, 0.25) is 0 Å². The minimum Gasteiger partial charge on any atom is -0.480 e. The summed E-state index contributed by atoms with van der Waals surface area (Å²) in [6, 6.07) is 3.03. The second-order valence-corrected chi connectivity index (χ2v) is 4.46. The third-order valence-electron chi connectivity index (χ3n) is 3.14. The van der Waals surface area contributed by atoms with Gasteiger partial charge in [-0.05, 0) is 26.0 Å². The van der Waals surface area contributed by atoms with Gasteiger partial charge in [-0.1, -0.05) is 6.07 Å². The molecule has 2 rings (SSSR count). The number of aliphatic carboxylic acids is 1. The van der Waals surface area contributed by atoms with Crippen LogP contribution in [-0.2, 0) is 15.1 Å². The Morgan fingerprint density at radius 2 is 2.16 bits per heavy atom. The fourth-order valence-electron chi connectivity index (χ4n) is 1.96. The lowest BCUT2D eigenvalue weighted by Crippen LogP contribution is -2.45. The molecule has 2 N–H and O–H groups in total. The molecule has 2 atom stereocenters. The van der Waals surface area contributed by atoms with Crippen molar-refractivity contribution in [2.75, 3.05) is 0 Å². The van der Waals surface area contributed by atoms with Crippen LogP contribution in [0.1, 0.15) is 19.5 Å². The standard InChI is InChI=1S/C12H13N3O4/c1-7(9(16)17)15-10(18)12(2,14-11(15)19)8-5-3-4-6-13-8/h3-7H,1-2H3,(H,14,19)(H,16,17). The van der Waals surface area contributed by atoms with Crippen LogP contribution < -0.4 is 5.32 Å². The lowest BCUT2D eigenvalue weighted by molar-refractivity contribution is -0.147. The highest BCUT2D eigenvalue weighted by Crippen LogP contribution is 2.28. The zero-order valence-corrected chi connectivity index (χ0v) is 10.5. The summed E-state index contributed by atoms with van der Waals surface area (Å²) in [5.41, 5.74) is -0.962. The van der Waals surface area contributed by atoms with E-state index in [2.05, 4.69) is 10.3 Å². The first kappa shape index (κ1) is 13.0. The average molecular weight is 263 g/mol. The molecule has 0 radical (unpaired) electrons. The maximum Gasteiger partial charge on any atom is 0.326 e. The van der Waals surface area contributed by atoms with Crippen LogP contribution in [0.5, 0.6) is 0 Å². The molecule has 2 heterocycles.